The van der Waals surface area contributed by atoms with E-state index in [-0.39, 0.29) is 10.8 Å². The number of anilines is 1. The Kier molecular flexibility index (Phi) is 3.86. The van der Waals surface area contributed by atoms with Crippen LogP contribution in [-0.2, 0) is 14.8 Å². The van der Waals surface area contributed by atoms with E-state index in [1.165, 1.54) is 12.1 Å². The van der Waals surface area contributed by atoms with Crippen molar-refractivity contribution in [3.63, 3.8) is 0 Å². The van der Waals surface area contributed by atoms with Crippen molar-refractivity contribution < 1.29 is 13.2 Å². The molecule has 1 aromatic carbocycles. The number of sulfonamides is 1. The minimum absolute atomic E-state index is 0.0112. The van der Waals surface area contributed by atoms with Crippen LogP contribution in [0, 0.1) is 6.92 Å². The van der Waals surface area contributed by atoms with E-state index in [0.29, 0.717) is 5.69 Å². The van der Waals surface area contributed by atoms with Gasteiger partial charge in [0.1, 0.15) is 0 Å². The van der Waals surface area contributed by atoms with Crippen LogP contribution in [-0.4, -0.2) is 26.4 Å². The topological polar surface area (TPSA) is 101 Å². The Morgan fingerprint density at radius 3 is 2.70 bits per heavy atom. The average molecular weight is 297 g/mol. The molecule has 1 amide bonds. The van der Waals surface area contributed by atoms with Crippen molar-refractivity contribution in [3.8, 4) is 0 Å². The van der Waals surface area contributed by atoms with Crippen molar-refractivity contribution in [2.75, 3.05) is 11.9 Å². The first-order chi connectivity index (χ1) is 9.22. The highest BCUT2D eigenvalue weighted by molar-refractivity contribution is 7.89. The van der Waals surface area contributed by atoms with Gasteiger partial charge in [-0.05, 0) is 50.9 Å². The summed E-state index contributed by atoms with van der Waals surface area (Å²) in [5.41, 5.74) is 0.646. The van der Waals surface area contributed by atoms with E-state index in [0.717, 1.165) is 24.9 Å². The maximum Gasteiger partial charge on any atom is 0.244 e. The number of aryl methyl sites for hydroxylation is 1. The molecule has 1 aliphatic heterocycles. The highest BCUT2D eigenvalue weighted by Gasteiger charge is 2.36. The summed E-state index contributed by atoms with van der Waals surface area (Å²) in [6, 6.07) is 4.44. The molecule has 0 spiro atoms. The van der Waals surface area contributed by atoms with Crippen LogP contribution in [0.5, 0.6) is 0 Å². The molecule has 1 atom stereocenters. The fraction of sp³-hybridized carbons (Fsp3) is 0.462. The second kappa shape index (κ2) is 5.16. The van der Waals surface area contributed by atoms with E-state index in [1.54, 1.807) is 13.0 Å². The Bertz CT molecular complexity index is 634. The number of primary sulfonamides is 1. The summed E-state index contributed by atoms with van der Waals surface area (Å²) in [6.45, 7) is 4.45. The summed E-state index contributed by atoms with van der Waals surface area (Å²) < 4.78 is 22.7. The van der Waals surface area contributed by atoms with Crippen LogP contribution in [0.4, 0.5) is 5.69 Å². The first-order valence-electron chi connectivity index (χ1n) is 6.42. The number of carbonyl (C=O) groups is 1. The number of hydrogen-bond donors (Lipinski definition) is 3. The fourth-order valence-electron chi connectivity index (χ4n) is 2.26. The molecule has 1 unspecified atom stereocenters. The Balaban J connectivity index is 2.27. The average Bonchev–Trinajstić information content (AvgIpc) is 2.79. The van der Waals surface area contributed by atoms with Crippen LogP contribution in [0.1, 0.15) is 25.3 Å². The molecule has 2 rings (SSSR count). The maximum absolute atomic E-state index is 12.3. The van der Waals surface area contributed by atoms with E-state index in [9.17, 15) is 13.2 Å². The van der Waals surface area contributed by atoms with Gasteiger partial charge in [0.25, 0.3) is 0 Å². The molecule has 1 fully saturated rings. The summed E-state index contributed by atoms with van der Waals surface area (Å²) in [4.78, 5) is 12.3. The van der Waals surface area contributed by atoms with Crippen molar-refractivity contribution in [2.45, 2.75) is 37.1 Å². The molecule has 0 bridgehead atoms. The lowest BCUT2D eigenvalue weighted by molar-refractivity contribution is -0.121. The predicted octanol–water partition coefficient (Wildman–Crippen LogP) is 0.723. The molecule has 0 saturated carbocycles. The van der Waals surface area contributed by atoms with Gasteiger partial charge in [-0.3, -0.25) is 4.79 Å². The molecule has 0 aromatic heterocycles. The largest absolute Gasteiger partial charge is 0.324 e. The van der Waals surface area contributed by atoms with Crippen LogP contribution in [0.2, 0.25) is 0 Å². The number of nitrogens with two attached hydrogens (primary N) is 1. The second-order valence-corrected chi connectivity index (χ2v) is 6.90. The first-order valence-corrected chi connectivity index (χ1v) is 7.97. The Labute approximate surface area is 118 Å². The third-order valence-electron chi connectivity index (χ3n) is 3.66. The van der Waals surface area contributed by atoms with E-state index in [2.05, 4.69) is 10.6 Å². The number of benzene rings is 1. The van der Waals surface area contributed by atoms with Gasteiger partial charge in [-0.25, -0.2) is 13.6 Å². The van der Waals surface area contributed by atoms with Crippen molar-refractivity contribution in [3.05, 3.63) is 23.8 Å². The van der Waals surface area contributed by atoms with Crippen LogP contribution in [0.3, 0.4) is 0 Å². The van der Waals surface area contributed by atoms with Gasteiger partial charge in [-0.1, -0.05) is 6.07 Å². The van der Waals surface area contributed by atoms with Gasteiger partial charge in [0, 0.05) is 5.69 Å². The quantitative estimate of drug-likeness (QED) is 0.765. The number of carbonyl (C=O) groups excluding carboxylic acids is 1. The monoisotopic (exact) mass is 297 g/mol. The van der Waals surface area contributed by atoms with Crippen LogP contribution in [0.15, 0.2) is 23.1 Å². The highest BCUT2D eigenvalue weighted by Crippen LogP contribution is 2.24. The zero-order valence-electron chi connectivity index (χ0n) is 11.6. The summed E-state index contributed by atoms with van der Waals surface area (Å²) in [5.74, 6) is -0.162. The lowest BCUT2D eigenvalue weighted by Gasteiger charge is -2.23. The molecule has 7 heteroatoms. The molecule has 0 aliphatic carbocycles. The molecular weight excluding hydrogens is 278 g/mol. The van der Waals surface area contributed by atoms with Gasteiger partial charge in [0.2, 0.25) is 15.9 Å². The zero-order chi connectivity index (χ0) is 15.0. The summed E-state index contributed by atoms with van der Waals surface area (Å²) in [5, 5.41) is 11.0. The van der Waals surface area contributed by atoms with Crippen molar-refractivity contribution >= 4 is 21.6 Å². The van der Waals surface area contributed by atoms with Crippen molar-refractivity contribution in [2.24, 2.45) is 5.14 Å². The minimum Gasteiger partial charge on any atom is -0.324 e. The highest BCUT2D eigenvalue weighted by atomic mass is 32.2. The SMILES string of the molecule is Cc1ccc(S(N)(=O)=O)cc1NC(=O)C1(C)CCCN1. The van der Waals surface area contributed by atoms with Gasteiger partial charge in [-0.15, -0.1) is 0 Å². The van der Waals surface area contributed by atoms with Gasteiger partial charge in [0.05, 0.1) is 10.4 Å². The molecule has 110 valence electrons. The molecule has 1 aromatic rings. The standard InChI is InChI=1S/C13H19N3O3S/c1-9-4-5-10(20(14,18)19)8-11(9)16-12(17)13(2)6-3-7-15-13/h4-5,8,15H,3,6-7H2,1-2H3,(H,16,17)(H2,14,18,19). The second-order valence-electron chi connectivity index (χ2n) is 5.34. The zero-order valence-corrected chi connectivity index (χ0v) is 12.4. The van der Waals surface area contributed by atoms with E-state index in [1.807, 2.05) is 6.92 Å². The van der Waals surface area contributed by atoms with Gasteiger partial charge in [-0.2, -0.15) is 0 Å². The maximum atomic E-state index is 12.3. The van der Waals surface area contributed by atoms with Crippen LogP contribution >= 0.6 is 0 Å². The summed E-state index contributed by atoms with van der Waals surface area (Å²) in [7, 11) is -3.78. The molecule has 6 nitrogen and oxygen atoms in total. The number of amides is 1. The molecule has 1 saturated heterocycles. The Hall–Kier alpha value is -1.44. The van der Waals surface area contributed by atoms with Gasteiger partial charge in [0.15, 0.2) is 0 Å². The third-order valence-corrected chi connectivity index (χ3v) is 4.57. The minimum atomic E-state index is -3.78. The van der Waals surface area contributed by atoms with E-state index in [4.69, 9.17) is 5.14 Å². The summed E-state index contributed by atoms with van der Waals surface area (Å²) in [6.07, 6.45) is 1.70. The Morgan fingerprint density at radius 2 is 2.15 bits per heavy atom. The van der Waals surface area contributed by atoms with Crippen molar-refractivity contribution in [1.29, 1.82) is 0 Å². The molecule has 0 radical (unpaired) electrons. The molecule has 4 N–H and O–H groups in total. The first kappa shape index (κ1) is 15.0. The lowest BCUT2D eigenvalue weighted by atomic mass is 9.99. The van der Waals surface area contributed by atoms with Gasteiger partial charge >= 0.3 is 0 Å². The molecule has 20 heavy (non-hydrogen) atoms. The predicted molar refractivity (Wildman–Crippen MR) is 76.8 cm³/mol. The number of nitrogens with one attached hydrogen (secondary N) is 2. The lowest BCUT2D eigenvalue weighted by Crippen LogP contribution is -2.48. The molecule has 1 heterocycles. The third kappa shape index (κ3) is 3.00. The molecule has 1 aliphatic rings. The van der Waals surface area contributed by atoms with Gasteiger partial charge < -0.3 is 10.6 Å². The summed E-state index contributed by atoms with van der Waals surface area (Å²) >= 11 is 0. The smallest absolute Gasteiger partial charge is 0.244 e. The van der Waals surface area contributed by atoms with Crippen molar-refractivity contribution in [1.82, 2.24) is 5.32 Å². The molecular formula is C13H19N3O3S. The number of hydrogen-bond acceptors (Lipinski definition) is 4. The van der Waals surface area contributed by atoms with E-state index < -0.39 is 15.6 Å². The fourth-order valence-corrected chi connectivity index (χ4v) is 2.80. The number of rotatable bonds is 3. The van der Waals surface area contributed by atoms with Crippen LogP contribution < -0.4 is 15.8 Å². The Morgan fingerprint density at radius 1 is 1.45 bits per heavy atom. The van der Waals surface area contributed by atoms with E-state index >= 15 is 0 Å². The normalized spacial score (nSPS) is 22.8. The van der Waals surface area contributed by atoms with Crippen LogP contribution in [0.25, 0.3) is 0 Å².